The van der Waals surface area contributed by atoms with Crippen LogP contribution in [0.25, 0.3) is 0 Å². The van der Waals surface area contributed by atoms with Crippen LogP contribution in [-0.2, 0) is 23.1 Å². The van der Waals surface area contributed by atoms with Gasteiger partial charge in [-0.1, -0.05) is 0 Å². The summed E-state index contributed by atoms with van der Waals surface area (Å²) in [6, 6.07) is 1.90. The fraction of sp³-hybridized carbons (Fsp3) is 0.727. The highest BCUT2D eigenvalue weighted by Gasteiger charge is 2.09. The first-order valence-corrected chi connectivity index (χ1v) is 5.66. The molecule has 17 heavy (non-hydrogen) atoms. The molecule has 2 N–H and O–H groups in total. The second kappa shape index (κ2) is 7.26. The first-order valence-electron chi connectivity index (χ1n) is 5.66. The van der Waals surface area contributed by atoms with E-state index < -0.39 is 0 Å². The third-order valence-electron chi connectivity index (χ3n) is 2.58. The molecule has 6 heteroatoms. The van der Waals surface area contributed by atoms with Gasteiger partial charge in [0.25, 0.3) is 0 Å². The van der Waals surface area contributed by atoms with Crippen LogP contribution in [0.15, 0.2) is 6.07 Å². The van der Waals surface area contributed by atoms with E-state index in [-0.39, 0.29) is 0 Å². The average Bonchev–Trinajstić information content (AvgIpc) is 2.62. The van der Waals surface area contributed by atoms with E-state index in [9.17, 15) is 0 Å². The number of aromatic nitrogens is 2. The topological polar surface area (TPSA) is 65.5 Å². The highest BCUT2D eigenvalue weighted by Crippen LogP contribution is 2.07. The van der Waals surface area contributed by atoms with E-state index in [4.69, 9.17) is 15.2 Å². The lowest BCUT2D eigenvalue weighted by atomic mass is 10.3. The van der Waals surface area contributed by atoms with Crippen LogP contribution in [0.1, 0.15) is 5.69 Å². The summed E-state index contributed by atoms with van der Waals surface area (Å²) in [6.07, 6.45) is 0. The monoisotopic (exact) mass is 242 g/mol. The quantitative estimate of drug-likeness (QED) is 0.700. The standard InChI is InChI=1S/C11H22N4O2/c1-14-11(12)8-10(13-14)9-15(4-6-16-2)5-7-17-3/h8H,4-7,9,12H2,1-3H3. The molecule has 1 aromatic rings. The van der Waals surface area contributed by atoms with Crippen LogP contribution in [0.3, 0.4) is 0 Å². The molecule has 1 heterocycles. The van der Waals surface area contributed by atoms with Crippen LogP contribution in [-0.4, -0.2) is 55.2 Å². The number of nitrogen functional groups attached to an aromatic ring is 1. The third kappa shape index (κ3) is 4.72. The van der Waals surface area contributed by atoms with Crippen molar-refractivity contribution in [1.82, 2.24) is 14.7 Å². The van der Waals surface area contributed by atoms with Gasteiger partial charge in [-0.05, 0) is 0 Å². The predicted octanol–water partition coefficient (Wildman–Crippen LogP) is 0.0971. The Balaban J connectivity index is 2.51. The van der Waals surface area contributed by atoms with Crippen molar-refractivity contribution in [2.45, 2.75) is 6.54 Å². The Bertz CT molecular complexity index is 300. The van der Waals surface area contributed by atoms with E-state index in [0.717, 1.165) is 25.3 Å². The number of hydrogen-bond donors (Lipinski definition) is 1. The van der Waals surface area contributed by atoms with E-state index in [1.54, 1.807) is 18.9 Å². The minimum atomic E-state index is 0.679. The molecule has 0 bridgehead atoms. The zero-order valence-corrected chi connectivity index (χ0v) is 10.8. The van der Waals surface area contributed by atoms with Gasteiger partial charge in [0, 0.05) is 47.0 Å². The SMILES string of the molecule is COCCN(CCOC)Cc1cc(N)n(C)n1. The summed E-state index contributed by atoms with van der Waals surface area (Å²) in [7, 11) is 5.24. The Kier molecular flexibility index (Phi) is 5.96. The number of methoxy groups -OCH3 is 2. The smallest absolute Gasteiger partial charge is 0.121 e. The number of nitrogens with zero attached hydrogens (tertiary/aromatic N) is 3. The minimum absolute atomic E-state index is 0.679. The van der Waals surface area contributed by atoms with Crippen LogP contribution >= 0.6 is 0 Å². The van der Waals surface area contributed by atoms with Crippen molar-refractivity contribution in [1.29, 1.82) is 0 Å². The molecule has 0 aliphatic rings. The average molecular weight is 242 g/mol. The zero-order chi connectivity index (χ0) is 12.7. The molecule has 0 aliphatic carbocycles. The second-order valence-corrected chi connectivity index (χ2v) is 3.95. The fourth-order valence-corrected chi connectivity index (χ4v) is 1.56. The maximum absolute atomic E-state index is 5.75. The van der Waals surface area contributed by atoms with Crippen molar-refractivity contribution in [3.63, 3.8) is 0 Å². The molecule has 0 spiro atoms. The Hall–Kier alpha value is -1.11. The lowest BCUT2D eigenvalue weighted by Crippen LogP contribution is -2.30. The minimum Gasteiger partial charge on any atom is -0.384 e. The van der Waals surface area contributed by atoms with E-state index in [0.29, 0.717) is 19.0 Å². The molecule has 98 valence electrons. The predicted molar refractivity (Wildman–Crippen MR) is 66.6 cm³/mol. The van der Waals surface area contributed by atoms with Crippen LogP contribution in [0.2, 0.25) is 0 Å². The largest absolute Gasteiger partial charge is 0.384 e. The number of hydrogen-bond acceptors (Lipinski definition) is 5. The summed E-state index contributed by atoms with van der Waals surface area (Å²) in [5.74, 6) is 0.679. The van der Waals surface area contributed by atoms with Gasteiger partial charge in [-0.15, -0.1) is 0 Å². The van der Waals surface area contributed by atoms with Crippen LogP contribution in [0.5, 0.6) is 0 Å². The summed E-state index contributed by atoms with van der Waals surface area (Å²) >= 11 is 0. The molecule has 0 aromatic carbocycles. The van der Waals surface area contributed by atoms with Crippen LogP contribution in [0.4, 0.5) is 5.82 Å². The van der Waals surface area contributed by atoms with Crippen molar-refractivity contribution in [3.8, 4) is 0 Å². The normalized spacial score (nSPS) is 11.3. The molecule has 0 radical (unpaired) electrons. The highest BCUT2D eigenvalue weighted by molar-refractivity contribution is 5.30. The van der Waals surface area contributed by atoms with Crippen molar-refractivity contribution in [2.75, 3.05) is 46.3 Å². The second-order valence-electron chi connectivity index (χ2n) is 3.95. The van der Waals surface area contributed by atoms with Gasteiger partial charge < -0.3 is 15.2 Å². The van der Waals surface area contributed by atoms with Gasteiger partial charge in [0.1, 0.15) is 5.82 Å². The molecule has 0 amide bonds. The summed E-state index contributed by atoms with van der Waals surface area (Å²) in [6.45, 7) is 3.88. The molecule has 0 saturated carbocycles. The molecule has 0 fully saturated rings. The molecule has 1 aromatic heterocycles. The number of anilines is 1. The Morgan fingerprint density at radius 2 is 1.88 bits per heavy atom. The molecule has 0 atom stereocenters. The molecule has 6 nitrogen and oxygen atoms in total. The molecule has 0 unspecified atom stereocenters. The molecular weight excluding hydrogens is 220 g/mol. The van der Waals surface area contributed by atoms with Gasteiger partial charge in [-0.2, -0.15) is 5.10 Å². The first-order chi connectivity index (χ1) is 8.17. The number of ether oxygens (including phenoxy) is 2. The fourth-order valence-electron chi connectivity index (χ4n) is 1.56. The Morgan fingerprint density at radius 1 is 1.29 bits per heavy atom. The third-order valence-corrected chi connectivity index (χ3v) is 2.58. The number of nitrogens with two attached hydrogens (primary N) is 1. The van der Waals surface area contributed by atoms with Gasteiger partial charge in [-0.25, -0.2) is 0 Å². The highest BCUT2D eigenvalue weighted by atomic mass is 16.5. The summed E-state index contributed by atoms with van der Waals surface area (Å²) in [4.78, 5) is 2.23. The number of aryl methyl sites for hydroxylation is 1. The van der Waals surface area contributed by atoms with Crippen molar-refractivity contribution < 1.29 is 9.47 Å². The van der Waals surface area contributed by atoms with Gasteiger partial charge in [0.05, 0.1) is 18.9 Å². The van der Waals surface area contributed by atoms with Crippen LogP contribution < -0.4 is 5.73 Å². The summed E-state index contributed by atoms with van der Waals surface area (Å²) in [5.41, 5.74) is 6.72. The van der Waals surface area contributed by atoms with E-state index in [1.807, 2.05) is 13.1 Å². The Morgan fingerprint density at radius 3 is 2.29 bits per heavy atom. The molecule has 1 rings (SSSR count). The zero-order valence-electron chi connectivity index (χ0n) is 10.8. The van der Waals surface area contributed by atoms with Gasteiger partial charge in [0.15, 0.2) is 0 Å². The van der Waals surface area contributed by atoms with Crippen molar-refractivity contribution in [3.05, 3.63) is 11.8 Å². The van der Waals surface area contributed by atoms with Crippen LogP contribution in [0, 0.1) is 0 Å². The molecular formula is C11H22N4O2. The van der Waals surface area contributed by atoms with Gasteiger partial charge >= 0.3 is 0 Å². The van der Waals surface area contributed by atoms with E-state index in [2.05, 4.69) is 10.00 Å². The first kappa shape index (κ1) is 14.0. The Labute approximate surface area is 102 Å². The lowest BCUT2D eigenvalue weighted by molar-refractivity contribution is 0.109. The van der Waals surface area contributed by atoms with E-state index >= 15 is 0 Å². The lowest BCUT2D eigenvalue weighted by Gasteiger charge is -2.20. The maximum atomic E-state index is 5.75. The van der Waals surface area contributed by atoms with Gasteiger partial charge in [0.2, 0.25) is 0 Å². The molecule has 0 aliphatic heterocycles. The van der Waals surface area contributed by atoms with Gasteiger partial charge in [-0.3, -0.25) is 9.58 Å². The van der Waals surface area contributed by atoms with Crippen molar-refractivity contribution >= 4 is 5.82 Å². The number of rotatable bonds is 8. The summed E-state index contributed by atoms with van der Waals surface area (Å²) < 4.78 is 11.9. The van der Waals surface area contributed by atoms with Crippen molar-refractivity contribution in [2.24, 2.45) is 7.05 Å². The van der Waals surface area contributed by atoms with E-state index in [1.165, 1.54) is 0 Å². The summed E-state index contributed by atoms with van der Waals surface area (Å²) in [5, 5.41) is 4.33. The molecule has 0 saturated heterocycles. The maximum Gasteiger partial charge on any atom is 0.121 e.